The maximum atomic E-state index is 6.29. The molecule has 8 rings (SSSR count). The third kappa shape index (κ3) is 2.87. The van der Waals surface area contributed by atoms with Crippen molar-refractivity contribution in [1.29, 1.82) is 0 Å². The van der Waals surface area contributed by atoms with Crippen molar-refractivity contribution in [3.8, 4) is 22.3 Å². The molecule has 0 amide bonds. The molecular formula is C35H21ClS. The van der Waals surface area contributed by atoms with Crippen LogP contribution in [0, 0.1) is 0 Å². The van der Waals surface area contributed by atoms with Crippen molar-refractivity contribution in [2.45, 2.75) is 15.2 Å². The van der Waals surface area contributed by atoms with Gasteiger partial charge in [0.1, 0.15) is 0 Å². The van der Waals surface area contributed by atoms with Crippen LogP contribution in [-0.4, -0.2) is 0 Å². The van der Waals surface area contributed by atoms with E-state index in [1.165, 1.54) is 59.7 Å². The second-order valence-corrected chi connectivity index (χ2v) is 11.3. The first-order valence-corrected chi connectivity index (χ1v) is 13.7. The summed E-state index contributed by atoms with van der Waals surface area (Å²) < 4.78 is 0. The second-order valence-electron chi connectivity index (χ2n) is 9.82. The lowest BCUT2D eigenvalue weighted by atomic mass is 9.65. The Labute approximate surface area is 225 Å². The Hall–Kier alpha value is -3.78. The van der Waals surface area contributed by atoms with Crippen LogP contribution in [0.5, 0.6) is 0 Å². The molecule has 0 fully saturated rings. The Morgan fingerprint density at radius 3 is 1.86 bits per heavy atom. The van der Waals surface area contributed by atoms with Gasteiger partial charge in [0, 0.05) is 14.8 Å². The van der Waals surface area contributed by atoms with E-state index in [4.69, 9.17) is 11.6 Å². The van der Waals surface area contributed by atoms with Crippen LogP contribution in [0.1, 0.15) is 22.3 Å². The van der Waals surface area contributed by atoms with Gasteiger partial charge in [0.2, 0.25) is 0 Å². The van der Waals surface area contributed by atoms with Crippen molar-refractivity contribution in [3.05, 3.63) is 155 Å². The molecule has 0 saturated heterocycles. The molecule has 1 aliphatic heterocycles. The number of fused-ring (bicyclic) bond motifs is 10. The van der Waals surface area contributed by atoms with Gasteiger partial charge in [-0.3, -0.25) is 0 Å². The zero-order valence-electron chi connectivity index (χ0n) is 19.9. The lowest BCUT2D eigenvalue weighted by Gasteiger charge is -2.41. The number of hydrogen-bond donors (Lipinski definition) is 0. The molecule has 0 nitrogen and oxygen atoms in total. The Kier molecular flexibility index (Phi) is 4.53. The zero-order valence-corrected chi connectivity index (χ0v) is 21.5. The van der Waals surface area contributed by atoms with E-state index in [0.717, 1.165) is 10.4 Å². The highest BCUT2D eigenvalue weighted by Crippen LogP contribution is 2.63. The third-order valence-corrected chi connectivity index (χ3v) is 9.35. The molecule has 1 aliphatic carbocycles. The van der Waals surface area contributed by atoms with Gasteiger partial charge in [0.05, 0.1) is 5.41 Å². The van der Waals surface area contributed by atoms with Gasteiger partial charge in [-0.15, -0.1) is 0 Å². The van der Waals surface area contributed by atoms with Crippen LogP contribution in [0.25, 0.3) is 33.0 Å². The van der Waals surface area contributed by atoms with Gasteiger partial charge in [0.25, 0.3) is 0 Å². The molecule has 0 atom stereocenters. The van der Waals surface area contributed by atoms with Crippen molar-refractivity contribution >= 4 is 34.1 Å². The molecule has 37 heavy (non-hydrogen) atoms. The van der Waals surface area contributed by atoms with Crippen LogP contribution >= 0.6 is 23.4 Å². The summed E-state index contributed by atoms with van der Waals surface area (Å²) in [6, 6.07) is 46.6. The summed E-state index contributed by atoms with van der Waals surface area (Å²) in [4.78, 5) is 2.64. The van der Waals surface area contributed by atoms with Gasteiger partial charge in [0.15, 0.2) is 0 Å². The van der Waals surface area contributed by atoms with Crippen molar-refractivity contribution in [2.24, 2.45) is 0 Å². The minimum Gasteiger partial charge on any atom is -0.0894 e. The lowest BCUT2D eigenvalue weighted by Crippen LogP contribution is -2.32. The highest BCUT2D eigenvalue weighted by Gasteiger charge is 2.51. The van der Waals surface area contributed by atoms with Gasteiger partial charge in [-0.05, 0) is 85.6 Å². The fourth-order valence-corrected chi connectivity index (χ4v) is 7.95. The van der Waals surface area contributed by atoms with Crippen LogP contribution in [0.4, 0.5) is 0 Å². The van der Waals surface area contributed by atoms with E-state index >= 15 is 0 Å². The van der Waals surface area contributed by atoms with Crippen LogP contribution < -0.4 is 0 Å². The average Bonchev–Trinajstić information content (AvgIpc) is 3.23. The van der Waals surface area contributed by atoms with E-state index in [2.05, 4.69) is 115 Å². The molecule has 0 unspecified atom stereocenters. The van der Waals surface area contributed by atoms with Crippen LogP contribution in [0.15, 0.2) is 137 Å². The zero-order chi connectivity index (χ0) is 24.6. The molecular weight excluding hydrogens is 488 g/mol. The summed E-state index contributed by atoms with van der Waals surface area (Å²) >= 11 is 8.18. The van der Waals surface area contributed by atoms with Crippen molar-refractivity contribution < 1.29 is 0 Å². The quantitative estimate of drug-likeness (QED) is 0.212. The number of halogens is 1. The van der Waals surface area contributed by atoms with Crippen molar-refractivity contribution in [2.75, 3.05) is 0 Å². The highest BCUT2D eigenvalue weighted by atomic mass is 35.5. The molecule has 0 bridgehead atoms. The predicted octanol–water partition coefficient (Wildman–Crippen LogP) is 9.99. The Morgan fingerprint density at radius 2 is 1.08 bits per heavy atom. The fraction of sp³-hybridized carbons (Fsp3) is 0.0286. The standard InChI is InChI=1S/C35H21ClS/c36-25-19-18-22-20-24(17-16-23(22)21-25)26-10-7-15-33-34(26)35(31-13-5-6-14-32(31)37-33)29-11-3-1-8-27(29)28-9-2-4-12-30(28)35/h1-21H. The van der Waals surface area contributed by atoms with Gasteiger partial charge in [-0.1, -0.05) is 120 Å². The van der Waals surface area contributed by atoms with Crippen molar-refractivity contribution in [1.82, 2.24) is 0 Å². The van der Waals surface area contributed by atoms with Gasteiger partial charge in [-0.25, -0.2) is 0 Å². The smallest absolute Gasteiger partial charge is 0.0741 e. The first-order valence-electron chi connectivity index (χ1n) is 12.5. The topological polar surface area (TPSA) is 0 Å². The summed E-state index contributed by atoms with van der Waals surface area (Å²) in [5.74, 6) is 0. The Morgan fingerprint density at radius 1 is 0.486 bits per heavy atom. The molecule has 0 aromatic heterocycles. The number of rotatable bonds is 1. The van der Waals surface area contributed by atoms with E-state index < -0.39 is 0 Å². The maximum Gasteiger partial charge on any atom is 0.0741 e. The minimum absolute atomic E-state index is 0.379. The molecule has 6 aromatic carbocycles. The Bertz CT molecular complexity index is 1840. The predicted molar refractivity (Wildman–Crippen MR) is 156 cm³/mol. The summed E-state index contributed by atoms with van der Waals surface area (Å²) in [5.41, 5.74) is 10.3. The minimum atomic E-state index is -0.379. The van der Waals surface area contributed by atoms with E-state index in [1.54, 1.807) is 0 Å². The van der Waals surface area contributed by atoms with E-state index in [0.29, 0.717) is 0 Å². The normalized spacial score (nSPS) is 14.2. The summed E-state index contributed by atoms with van der Waals surface area (Å²) in [7, 11) is 0. The largest absolute Gasteiger partial charge is 0.0894 e. The van der Waals surface area contributed by atoms with E-state index in [9.17, 15) is 0 Å². The van der Waals surface area contributed by atoms with E-state index in [-0.39, 0.29) is 5.41 Å². The van der Waals surface area contributed by atoms with Gasteiger partial charge >= 0.3 is 0 Å². The molecule has 1 spiro atoms. The Balaban J connectivity index is 1.52. The maximum absolute atomic E-state index is 6.29. The molecule has 2 heteroatoms. The third-order valence-electron chi connectivity index (χ3n) is 7.98. The molecule has 174 valence electrons. The molecule has 1 heterocycles. The van der Waals surface area contributed by atoms with Crippen LogP contribution in [-0.2, 0) is 5.41 Å². The van der Waals surface area contributed by atoms with Gasteiger partial charge in [-0.2, -0.15) is 0 Å². The van der Waals surface area contributed by atoms with Crippen LogP contribution in [0.2, 0.25) is 5.02 Å². The monoisotopic (exact) mass is 508 g/mol. The van der Waals surface area contributed by atoms with Crippen molar-refractivity contribution in [3.63, 3.8) is 0 Å². The highest BCUT2D eigenvalue weighted by molar-refractivity contribution is 7.99. The SMILES string of the molecule is Clc1ccc2cc(-c3cccc4c3C3(c5ccccc5S4)c4ccccc4-c4ccccc43)ccc2c1. The molecule has 6 aromatic rings. The van der Waals surface area contributed by atoms with Gasteiger partial charge < -0.3 is 0 Å². The lowest BCUT2D eigenvalue weighted by molar-refractivity contribution is 0.724. The summed E-state index contributed by atoms with van der Waals surface area (Å²) in [6.45, 7) is 0. The van der Waals surface area contributed by atoms with E-state index in [1.807, 2.05) is 23.9 Å². The number of benzene rings is 6. The first kappa shape index (κ1) is 21.3. The summed E-state index contributed by atoms with van der Waals surface area (Å²) in [6.07, 6.45) is 0. The summed E-state index contributed by atoms with van der Waals surface area (Å²) in [5, 5.41) is 3.13. The molecule has 0 N–H and O–H groups in total. The molecule has 0 saturated carbocycles. The molecule has 0 radical (unpaired) electrons. The van der Waals surface area contributed by atoms with Crippen LogP contribution in [0.3, 0.4) is 0 Å². The molecule has 2 aliphatic rings. The fourth-order valence-electron chi connectivity index (χ4n) is 6.54. The average molecular weight is 509 g/mol. The second kappa shape index (κ2) is 7.86. The first-order chi connectivity index (χ1) is 18.2. The number of hydrogen-bond acceptors (Lipinski definition) is 1.